The molecule has 0 aromatic carbocycles. The summed E-state index contributed by atoms with van der Waals surface area (Å²) in [6.45, 7) is 3.07. The second-order valence-corrected chi connectivity index (χ2v) is 3.48. The van der Waals surface area contributed by atoms with Gasteiger partial charge in [0.05, 0.1) is 0 Å². The lowest BCUT2D eigenvalue weighted by Gasteiger charge is -2.30. The maximum Gasteiger partial charge on any atom is 0.354 e. The summed E-state index contributed by atoms with van der Waals surface area (Å²) in [6, 6.07) is 3.51. The van der Waals surface area contributed by atoms with Gasteiger partial charge in [0.2, 0.25) is 0 Å². The largest absolute Gasteiger partial charge is 0.477 e. The fourth-order valence-corrected chi connectivity index (χ4v) is 1.49. The van der Waals surface area contributed by atoms with Crippen LogP contribution in [-0.4, -0.2) is 34.0 Å². The van der Waals surface area contributed by atoms with E-state index in [1.807, 2.05) is 6.07 Å². The smallest absolute Gasteiger partial charge is 0.354 e. The first-order valence-corrected chi connectivity index (χ1v) is 4.66. The number of hydrogen-bond acceptors (Lipinski definition) is 3. The molecule has 0 bridgehead atoms. The number of likely N-dealkylation sites (tertiary alicyclic amines) is 1. The summed E-state index contributed by atoms with van der Waals surface area (Å²) < 4.78 is 0. The number of aromatic nitrogens is 1. The highest BCUT2D eigenvalue weighted by Crippen LogP contribution is 2.12. The second-order valence-electron chi connectivity index (χ2n) is 3.48. The minimum absolute atomic E-state index is 0.128. The molecule has 1 fully saturated rings. The maximum atomic E-state index is 10.6. The zero-order valence-electron chi connectivity index (χ0n) is 7.81. The fraction of sp³-hybridized carbons (Fsp3) is 0.400. The van der Waals surface area contributed by atoms with E-state index in [1.165, 1.54) is 6.42 Å². The molecule has 1 saturated heterocycles. The molecule has 0 aliphatic carbocycles. The molecule has 1 aliphatic rings. The molecule has 1 aromatic heterocycles. The Bertz CT molecular complexity index is 348. The van der Waals surface area contributed by atoms with Crippen LogP contribution in [0.5, 0.6) is 0 Å². The Balaban J connectivity index is 2.09. The predicted molar refractivity (Wildman–Crippen MR) is 51.1 cm³/mol. The predicted octanol–water partition coefficient (Wildman–Crippen LogP) is 0.986. The summed E-state index contributed by atoms with van der Waals surface area (Å²) in [4.78, 5) is 16.7. The minimum Gasteiger partial charge on any atom is -0.477 e. The quantitative estimate of drug-likeness (QED) is 0.775. The molecule has 1 aromatic rings. The third kappa shape index (κ3) is 1.90. The highest BCUT2D eigenvalue weighted by molar-refractivity contribution is 5.85. The summed E-state index contributed by atoms with van der Waals surface area (Å²) in [5.74, 6) is -0.963. The molecule has 2 heterocycles. The lowest BCUT2D eigenvalue weighted by atomic mass is 10.1. The Labute approximate surface area is 82.2 Å². The molecule has 1 N–H and O–H groups in total. The minimum atomic E-state index is -0.963. The number of aromatic carboxylic acids is 1. The van der Waals surface area contributed by atoms with E-state index in [0.717, 1.165) is 25.2 Å². The van der Waals surface area contributed by atoms with Crippen molar-refractivity contribution in [2.75, 3.05) is 13.1 Å². The molecule has 0 atom stereocenters. The Morgan fingerprint density at radius 2 is 2.36 bits per heavy atom. The summed E-state index contributed by atoms with van der Waals surface area (Å²) in [5.41, 5.74) is 1.15. The van der Waals surface area contributed by atoms with Crippen LogP contribution in [0.15, 0.2) is 18.3 Å². The highest BCUT2D eigenvalue weighted by atomic mass is 16.4. The van der Waals surface area contributed by atoms with Gasteiger partial charge >= 0.3 is 5.97 Å². The number of carboxylic acids is 1. The molecule has 74 valence electrons. The lowest BCUT2D eigenvalue weighted by Crippen LogP contribution is -2.36. The zero-order valence-corrected chi connectivity index (χ0v) is 7.81. The van der Waals surface area contributed by atoms with Crippen LogP contribution in [0.1, 0.15) is 22.5 Å². The molecule has 4 nitrogen and oxygen atoms in total. The van der Waals surface area contributed by atoms with Crippen molar-refractivity contribution in [3.63, 3.8) is 0 Å². The third-order valence-electron chi connectivity index (χ3n) is 2.40. The van der Waals surface area contributed by atoms with E-state index in [2.05, 4.69) is 9.88 Å². The molecule has 1 aliphatic heterocycles. The van der Waals surface area contributed by atoms with Crippen LogP contribution in [0.2, 0.25) is 0 Å². The van der Waals surface area contributed by atoms with E-state index < -0.39 is 5.97 Å². The zero-order chi connectivity index (χ0) is 9.97. The van der Waals surface area contributed by atoms with Crippen molar-refractivity contribution >= 4 is 5.97 Å². The van der Waals surface area contributed by atoms with Gasteiger partial charge in [-0.25, -0.2) is 9.78 Å². The highest BCUT2D eigenvalue weighted by Gasteiger charge is 2.14. The Morgan fingerprint density at radius 1 is 1.57 bits per heavy atom. The van der Waals surface area contributed by atoms with E-state index in [9.17, 15) is 4.79 Å². The molecule has 0 spiro atoms. The van der Waals surface area contributed by atoms with Gasteiger partial charge in [-0.05, 0) is 37.2 Å². The number of hydrogen-bond donors (Lipinski definition) is 1. The molecule has 2 rings (SSSR count). The van der Waals surface area contributed by atoms with E-state index >= 15 is 0 Å². The summed E-state index contributed by atoms with van der Waals surface area (Å²) in [7, 11) is 0. The average Bonchev–Trinajstić information content (AvgIpc) is 2.12. The summed E-state index contributed by atoms with van der Waals surface area (Å²) in [5, 5.41) is 8.74. The molecular weight excluding hydrogens is 180 g/mol. The van der Waals surface area contributed by atoms with E-state index in [-0.39, 0.29) is 5.69 Å². The third-order valence-corrected chi connectivity index (χ3v) is 2.40. The topological polar surface area (TPSA) is 53.4 Å². The van der Waals surface area contributed by atoms with Crippen molar-refractivity contribution in [2.24, 2.45) is 0 Å². The van der Waals surface area contributed by atoms with Gasteiger partial charge < -0.3 is 5.11 Å². The lowest BCUT2D eigenvalue weighted by molar-refractivity contribution is 0.0690. The molecule has 0 saturated carbocycles. The van der Waals surface area contributed by atoms with Crippen LogP contribution in [0.25, 0.3) is 0 Å². The average molecular weight is 192 g/mol. The van der Waals surface area contributed by atoms with Crippen molar-refractivity contribution in [3.8, 4) is 0 Å². The molecule has 14 heavy (non-hydrogen) atoms. The summed E-state index contributed by atoms with van der Waals surface area (Å²) >= 11 is 0. The first kappa shape index (κ1) is 9.15. The van der Waals surface area contributed by atoms with Gasteiger partial charge in [0.15, 0.2) is 0 Å². The number of rotatable bonds is 3. The van der Waals surface area contributed by atoms with Gasteiger partial charge in [0.1, 0.15) is 5.69 Å². The Kier molecular flexibility index (Phi) is 2.45. The first-order valence-electron chi connectivity index (χ1n) is 4.66. The van der Waals surface area contributed by atoms with Crippen LogP contribution in [0.4, 0.5) is 0 Å². The van der Waals surface area contributed by atoms with Crippen molar-refractivity contribution < 1.29 is 9.90 Å². The molecule has 0 unspecified atom stereocenters. The number of carbonyl (C=O) groups is 1. The van der Waals surface area contributed by atoms with E-state index in [4.69, 9.17) is 5.11 Å². The van der Waals surface area contributed by atoms with Gasteiger partial charge in [-0.15, -0.1) is 0 Å². The molecule has 0 amide bonds. The SMILES string of the molecule is O=C(O)c1cc(CN2CCC2)ccn1. The Hall–Kier alpha value is -1.42. The second kappa shape index (κ2) is 3.75. The monoisotopic (exact) mass is 192 g/mol. The van der Waals surface area contributed by atoms with Crippen LogP contribution < -0.4 is 0 Å². The first-order chi connectivity index (χ1) is 6.75. The van der Waals surface area contributed by atoms with Crippen molar-refractivity contribution in [1.82, 2.24) is 9.88 Å². The van der Waals surface area contributed by atoms with Gasteiger partial charge in [0.25, 0.3) is 0 Å². The number of nitrogens with zero attached hydrogens (tertiary/aromatic N) is 2. The van der Waals surface area contributed by atoms with Crippen LogP contribution >= 0.6 is 0 Å². The van der Waals surface area contributed by atoms with E-state index in [1.54, 1.807) is 12.3 Å². The summed E-state index contributed by atoms with van der Waals surface area (Å²) in [6.07, 6.45) is 2.80. The normalized spacial score (nSPS) is 16.3. The van der Waals surface area contributed by atoms with Crippen molar-refractivity contribution in [3.05, 3.63) is 29.6 Å². The van der Waals surface area contributed by atoms with Gasteiger partial charge in [-0.1, -0.05) is 0 Å². The Morgan fingerprint density at radius 3 is 2.93 bits per heavy atom. The van der Waals surface area contributed by atoms with E-state index in [0.29, 0.717) is 0 Å². The van der Waals surface area contributed by atoms with Crippen molar-refractivity contribution in [2.45, 2.75) is 13.0 Å². The molecule has 4 heteroatoms. The van der Waals surface area contributed by atoms with Crippen LogP contribution in [0, 0.1) is 0 Å². The number of carboxylic acid groups (broad SMARTS) is 1. The molecule has 0 radical (unpaired) electrons. The van der Waals surface area contributed by atoms with Gasteiger partial charge in [-0.3, -0.25) is 4.90 Å². The van der Waals surface area contributed by atoms with Crippen molar-refractivity contribution in [1.29, 1.82) is 0 Å². The standard InChI is InChI=1S/C10H12N2O2/c13-10(14)9-6-8(2-3-11-9)7-12-4-1-5-12/h2-3,6H,1,4-5,7H2,(H,13,14). The van der Waals surface area contributed by atoms with Gasteiger partial charge in [-0.2, -0.15) is 0 Å². The fourth-order valence-electron chi connectivity index (χ4n) is 1.49. The van der Waals surface area contributed by atoms with Crippen LogP contribution in [-0.2, 0) is 6.54 Å². The van der Waals surface area contributed by atoms with Gasteiger partial charge in [0, 0.05) is 12.7 Å². The maximum absolute atomic E-state index is 10.6. The number of pyridine rings is 1. The molecular formula is C10H12N2O2. The van der Waals surface area contributed by atoms with Crippen LogP contribution in [0.3, 0.4) is 0 Å².